The number of amides is 1. The molecule has 39 heavy (non-hydrogen) atoms. The third-order valence-electron chi connectivity index (χ3n) is 6.61. The number of halogens is 1. The van der Waals surface area contributed by atoms with E-state index < -0.39 is 30.5 Å². The number of nitrogens with one attached hydrogen (secondary N) is 1. The molecule has 0 spiro atoms. The van der Waals surface area contributed by atoms with Crippen molar-refractivity contribution >= 4 is 35.0 Å². The summed E-state index contributed by atoms with van der Waals surface area (Å²) in [4.78, 5) is 12.5. The highest BCUT2D eigenvalue weighted by Crippen LogP contribution is 2.36. The summed E-state index contributed by atoms with van der Waals surface area (Å²) < 4.78 is 11.7. The van der Waals surface area contributed by atoms with Crippen LogP contribution in [0.1, 0.15) is 43.1 Å². The second kappa shape index (κ2) is 13.7. The third kappa shape index (κ3) is 7.54. The van der Waals surface area contributed by atoms with Crippen LogP contribution in [-0.4, -0.2) is 58.0 Å². The molecule has 1 heterocycles. The first-order chi connectivity index (χ1) is 18.8. The zero-order chi connectivity index (χ0) is 27.9. The Kier molecular flexibility index (Phi) is 10.3. The number of ether oxygens (including phenoxy) is 2. The van der Waals surface area contributed by atoms with Crippen LogP contribution in [0.2, 0.25) is 5.02 Å². The molecule has 3 aromatic carbocycles. The highest BCUT2D eigenvalue weighted by molar-refractivity contribution is 7.99. The summed E-state index contributed by atoms with van der Waals surface area (Å²) in [5, 5.41) is 35.5. The number of carbonyl (C=O) groups is 1. The maximum atomic E-state index is 11.6. The second-order valence-electron chi connectivity index (χ2n) is 9.41. The molecule has 0 unspecified atom stereocenters. The summed E-state index contributed by atoms with van der Waals surface area (Å²) in [6.07, 6.45) is -4.50. The SMILES string of the molecule is CCOc1ccc(Cc2cc([C@@H]3O[C@H](CSc4ccc(NC(=O)CC)cc4)[C@@H](O)[C@H](O)[C@H]3O)ccc2Cl)cc1. The molecule has 1 aliphatic heterocycles. The number of benzene rings is 3. The number of carbonyl (C=O) groups excluding carboxylic acids is 1. The maximum absolute atomic E-state index is 11.6. The molecule has 0 radical (unpaired) electrons. The predicted molar refractivity (Wildman–Crippen MR) is 154 cm³/mol. The highest BCUT2D eigenvalue weighted by atomic mass is 35.5. The lowest BCUT2D eigenvalue weighted by Crippen LogP contribution is -2.54. The van der Waals surface area contributed by atoms with Crippen LogP contribution in [0, 0.1) is 0 Å². The predicted octanol–water partition coefficient (Wildman–Crippen LogP) is 4.99. The Morgan fingerprint density at radius 3 is 2.36 bits per heavy atom. The Bertz CT molecular complexity index is 1240. The molecule has 0 saturated carbocycles. The average Bonchev–Trinajstić information content (AvgIpc) is 2.94. The van der Waals surface area contributed by atoms with Crippen molar-refractivity contribution < 1.29 is 29.6 Å². The molecule has 4 N–H and O–H groups in total. The van der Waals surface area contributed by atoms with E-state index in [0.29, 0.717) is 41.5 Å². The first-order valence-electron chi connectivity index (χ1n) is 13.0. The van der Waals surface area contributed by atoms with Crippen molar-refractivity contribution in [2.75, 3.05) is 17.7 Å². The lowest BCUT2D eigenvalue weighted by Gasteiger charge is -2.41. The summed E-state index contributed by atoms with van der Waals surface area (Å²) in [6, 6.07) is 20.6. The van der Waals surface area contributed by atoms with Crippen molar-refractivity contribution in [1.29, 1.82) is 0 Å². The minimum absolute atomic E-state index is 0.0578. The van der Waals surface area contributed by atoms with Gasteiger partial charge in [0.1, 0.15) is 30.2 Å². The van der Waals surface area contributed by atoms with Gasteiger partial charge in [-0.1, -0.05) is 42.8 Å². The molecular formula is C30H34ClNO6S. The fourth-order valence-corrected chi connectivity index (χ4v) is 5.57. The lowest BCUT2D eigenvalue weighted by molar-refractivity contribution is -0.218. The lowest BCUT2D eigenvalue weighted by atomic mass is 9.90. The summed E-state index contributed by atoms with van der Waals surface area (Å²) >= 11 is 7.96. The van der Waals surface area contributed by atoms with Crippen molar-refractivity contribution in [3.05, 3.63) is 88.4 Å². The van der Waals surface area contributed by atoms with E-state index in [1.807, 2.05) is 61.5 Å². The minimum Gasteiger partial charge on any atom is -0.494 e. The van der Waals surface area contributed by atoms with Crippen molar-refractivity contribution in [1.82, 2.24) is 0 Å². The Morgan fingerprint density at radius 2 is 1.69 bits per heavy atom. The Labute approximate surface area is 238 Å². The standard InChI is InChI=1S/C30H34ClNO6S/c1-3-26(33)32-21-8-12-23(13-9-21)39-17-25-27(34)28(35)29(36)30(38-25)19-7-14-24(31)20(16-19)15-18-5-10-22(11-6-18)37-4-2/h5-14,16,25,27-30,34-36H,3-4,15,17H2,1-2H3,(H,32,33)/t25-,27-,28+,29-,30+/m1/s1. The van der Waals surface area contributed by atoms with E-state index in [1.165, 1.54) is 11.8 Å². The molecule has 4 rings (SSSR count). The molecule has 1 saturated heterocycles. The molecular weight excluding hydrogens is 538 g/mol. The molecule has 1 fully saturated rings. The van der Waals surface area contributed by atoms with E-state index in [4.69, 9.17) is 21.1 Å². The van der Waals surface area contributed by atoms with E-state index >= 15 is 0 Å². The Hall–Kier alpha value is -2.59. The number of anilines is 1. The van der Waals surface area contributed by atoms with E-state index in [0.717, 1.165) is 21.8 Å². The van der Waals surface area contributed by atoms with Crippen molar-refractivity contribution in [3.63, 3.8) is 0 Å². The number of thioether (sulfide) groups is 1. The number of hydrogen-bond donors (Lipinski definition) is 4. The topological polar surface area (TPSA) is 108 Å². The van der Waals surface area contributed by atoms with Gasteiger partial charge in [-0.25, -0.2) is 0 Å². The number of hydrogen-bond acceptors (Lipinski definition) is 7. The molecule has 1 amide bonds. The van der Waals surface area contributed by atoms with Gasteiger partial charge in [0, 0.05) is 27.8 Å². The summed E-state index contributed by atoms with van der Waals surface area (Å²) in [5.74, 6) is 1.10. The van der Waals surface area contributed by atoms with Crippen LogP contribution in [0.15, 0.2) is 71.6 Å². The first-order valence-corrected chi connectivity index (χ1v) is 14.4. The summed E-state index contributed by atoms with van der Waals surface area (Å²) in [7, 11) is 0. The molecule has 0 bridgehead atoms. The summed E-state index contributed by atoms with van der Waals surface area (Å²) in [6.45, 7) is 4.33. The zero-order valence-corrected chi connectivity index (χ0v) is 23.5. The summed E-state index contributed by atoms with van der Waals surface area (Å²) in [5.41, 5.74) is 3.29. The van der Waals surface area contributed by atoms with E-state index in [2.05, 4.69) is 5.32 Å². The largest absolute Gasteiger partial charge is 0.494 e. The molecule has 5 atom stereocenters. The van der Waals surface area contributed by atoms with Gasteiger partial charge in [0.05, 0.1) is 12.7 Å². The monoisotopic (exact) mass is 571 g/mol. The number of aliphatic hydroxyl groups is 3. The smallest absolute Gasteiger partial charge is 0.224 e. The first kappa shape index (κ1) is 29.4. The zero-order valence-electron chi connectivity index (χ0n) is 21.9. The van der Waals surface area contributed by atoms with E-state index in [-0.39, 0.29) is 5.91 Å². The van der Waals surface area contributed by atoms with E-state index in [1.54, 1.807) is 19.1 Å². The van der Waals surface area contributed by atoms with Gasteiger partial charge in [-0.3, -0.25) is 4.79 Å². The van der Waals surface area contributed by atoms with Crippen LogP contribution in [0.5, 0.6) is 5.75 Å². The molecule has 0 aliphatic carbocycles. The average molecular weight is 572 g/mol. The van der Waals surface area contributed by atoms with Gasteiger partial charge >= 0.3 is 0 Å². The number of aliphatic hydroxyl groups excluding tert-OH is 3. The van der Waals surface area contributed by atoms with Crippen LogP contribution >= 0.6 is 23.4 Å². The van der Waals surface area contributed by atoms with Gasteiger partial charge in [0.2, 0.25) is 5.91 Å². The van der Waals surface area contributed by atoms with Crippen LogP contribution in [0.25, 0.3) is 0 Å². The van der Waals surface area contributed by atoms with Gasteiger partial charge < -0.3 is 30.1 Å². The van der Waals surface area contributed by atoms with Gasteiger partial charge in [-0.05, 0) is 72.5 Å². The third-order valence-corrected chi connectivity index (χ3v) is 8.08. The van der Waals surface area contributed by atoms with Gasteiger partial charge in [0.25, 0.3) is 0 Å². The molecule has 9 heteroatoms. The van der Waals surface area contributed by atoms with Crippen molar-refractivity contribution in [2.45, 2.75) is 62.1 Å². The quantitative estimate of drug-likeness (QED) is 0.254. The molecule has 0 aromatic heterocycles. The molecule has 1 aliphatic rings. The molecule has 208 valence electrons. The highest BCUT2D eigenvalue weighted by Gasteiger charge is 2.44. The number of rotatable bonds is 10. The van der Waals surface area contributed by atoms with Crippen LogP contribution in [-0.2, 0) is 16.0 Å². The van der Waals surface area contributed by atoms with Gasteiger partial charge in [0.15, 0.2) is 0 Å². The van der Waals surface area contributed by atoms with Crippen LogP contribution in [0.3, 0.4) is 0 Å². The van der Waals surface area contributed by atoms with Crippen LogP contribution < -0.4 is 10.1 Å². The fraction of sp³-hybridized carbons (Fsp3) is 0.367. The molecule has 7 nitrogen and oxygen atoms in total. The van der Waals surface area contributed by atoms with Crippen molar-refractivity contribution in [2.24, 2.45) is 0 Å². The Balaban J connectivity index is 1.45. The van der Waals surface area contributed by atoms with E-state index in [9.17, 15) is 20.1 Å². The van der Waals surface area contributed by atoms with Gasteiger partial charge in [-0.15, -0.1) is 11.8 Å². The normalized spacial score (nSPS) is 22.9. The fourth-order valence-electron chi connectivity index (χ4n) is 4.42. The minimum atomic E-state index is -1.37. The molecule has 3 aromatic rings. The second-order valence-corrected chi connectivity index (χ2v) is 10.9. The van der Waals surface area contributed by atoms with Crippen LogP contribution in [0.4, 0.5) is 5.69 Å². The van der Waals surface area contributed by atoms with Gasteiger partial charge in [-0.2, -0.15) is 0 Å². The maximum Gasteiger partial charge on any atom is 0.224 e. The Morgan fingerprint density at radius 1 is 0.974 bits per heavy atom. The van der Waals surface area contributed by atoms with Crippen molar-refractivity contribution in [3.8, 4) is 5.75 Å².